The molecule has 0 spiro atoms. The molecule has 2 heterocycles. The molecule has 1 unspecified atom stereocenters. The summed E-state index contributed by atoms with van der Waals surface area (Å²) in [7, 11) is 4.30. The Morgan fingerprint density at radius 2 is 2.00 bits per heavy atom. The van der Waals surface area contributed by atoms with Crippen LogP contribution >= 0.6 is 0 Å². The Labute approximate surface area is 134 Å². The van der Waals surface area contributed by atoms with Crippen molar-refractivity contribution in [3.63, 3.8) is 0 Å². The Morgan fingerprint density at radius 1 is 1.23 bits per heavy atom. The SMILES string of the molecule is CC(Cc1ccc2c3c([nH]c2c1)CN(C(C)C)CC3)N(C)C. The van der Waals surface area contributed by atoms with Crippen molar-refractivity contribution in [3.05, 3.63) is 35.0 Å². The lowest BCUT2D eigenvalue weighted by Crippen LogP contribution is -2.35. The van der Waals surface area contributed by atoms with E-state index in [0.717, 1.165) is 13.0 Å². The normalized spacial score (nSPS) is 17.4. The number of aromatic amines is 1. The largest absolute Gasteiger partial charge is 0.357 e. The van der Waals surface area contributed by atoms with E-state index in [2.05, 4.69) is 67.8 Å². The number of hydrogen-bond donors (Lipinski definition) is 1. The van der Waals surface area contributed by atoms with E-state index in [9.17, 15) is 0 Å². The summed E-state index contributed by atoms with van der Waals surface area (Å²) in [6, 6.07) is 8.18. The van der Waals surface area contributed by atoms with Gasteiger partial charge in [0.1, 0.15) is 0 Å². The molecule has 0 aliphatic carbocycles. The zero-order valence-electron chi connectivity index (χ0n) is 14.6. The van der Waals surface area contributed by atoms with Crippen molar-refractivity contribution >= 4 is 10.9 Å². The van der Waals surface area contributed by atoms with E-state index in [-0.39, 0.29) is 0 Å². The first-order valence-electron chi connectivity index (χ1n) is 8.48. The summed E-state index contributed by atoms with van der Waals surface area (Å²) in [5.41, 5.74) is 5.71. The van der Waals surface area contributed by atoms with Gasteiger partial charge in [-0.3, -0.25) is 4.90 Å². The van der Waals surface area contributed by atoms with E-state index in [0.29, 0.717) is 12.1 Å². The minimum absolute atomic E-state index is 0.568. The lowest BCUT2D eigenvalue weighted by atomic mass is 10.00. The summed E-state index contributed by atoms with van der Waals surface area (Å²) in [4.78, 5) is 8.52. The second-order valence-corrected chi connectivity index (χ2v) is 7.29. The lowest BCUT2D eigenvalue weighted by molar-refractivity contribution is 0.201. The van der Waals surface area contributed by atoms with Crippen molar-refractivity contribution < 1.29 is 0 Å². The number of benzene rings is 1. The van der Waals surface area contributed by atoms with Gasteiger partial charge in [0.15, 0.2) is 0 Å². The van der Waals surface area contributed by atoms with E-state index >= 15 is 0 Å². The molecule has 120 valence electrons. The van der Waals surface area contributed by atoms with Gasteiger partial charge in [0.2, 0.25) is 0 Å². The van der Waals surface area contributed by atoms with Crippen LogP contribution in [0.25, 0.3) is 10.9 Å². The molecule has 1 aliphatic heterocycles. The first-order chi connectivity index (χ1) is 10.5. The summed E-state index contributed by atoms with van der Waals surface area (Å²) < 4.78 is 0. The Kier molecular flexibility index (Phi) is 4.28. The number of rotatable bonds is 4. The number of fused-ring (bicyclic) bond motifs is 3. The van der Waals surface area contributed by atoms with Gasteiger partial charge < -0.3 is 9.88 Å². The zero-order chi connectivity index (χ0) is 15.9. The van der Waals surface area contributed by atoms with Crippen LogP contribution in [0.2, 0.25) is 0 Å². The maximum atomic E-state index is 3.69. The quantitative estimate of drug-likeness (QED) is 0.934. The third kappa shape index (κ3) is 2.92. The second kappa shape index (κ2) is 6.05. The van der Waals surface area contributed by atoms with E-state index in [1.54, 1.807) is 5.56 Å². The highest BCUT2D eigenvalue weighted by atomic mass is 15.2. The maximum Gasteiger partial charge on any atom is 0.0462 e. The van der Waals surface area contributed by atoms with E-state index in [4.69, 9.17) is 0 Å². The molecule has 1 aromatic heterocycles. The highest BCUT2D eigenvalue weighted by molar-refractivity contribution is 5.85. The predicted molar refractivity (Wildman–Crippen MR) is 94.4 cm³/mol. The molecular weight excluding hydrogens is 270 g/mol. The standard InChI is InChI=1S/C19H29N3/c1-13(2)22-9-8-17-16-7-6-15(10-14(3)21(4)5)11-18(16)20-19(17)12-22/h6-7,11,13-14,20H,8-10,12H2,1-5H3. The molecule has 0 saturated carbocycles. The molecule has 1 N–H and O–H groups in total. The molecule has 22 heavy (non-hydrogen) atoms. The molecule has 3 heteroatoms. The van der Waals surface area contributed by atoms with Gasteiger partial charge in [-0.1, -0.05) is 12.1 Å². The van der Waals surface area contributed by atoms with Crippen molar-refractivity contribution in [2.45, 2.75) is 52.2 Å². The third-order valence-electron chi connectivity index (χ3n) is 5.21. The van der Waals surface area contributed by atoms with Crippen molar-refractivity contribution in [3.8, 4) is 0 Å². The van der Waals surface area contributed by atoms with E-state index < -0.39 is 0 Å². The molecule has 3 nitrogen and oxygen atoms in total. The summed E-state index contributed by atoms with van der Waals surface area (Å²) in [6.45, 7) is 9.09. The van der Waals surface area contributed by atoms with Gasteiger partial charge in [0, 0.05) is 41.8 Å². The molecule has 1 aromatic carbocycles. The molecule has 1 aliphatic rings. The van der Waals surface area contributed by atoms with Gasteiger partial charge >= 0.3 is 0 Å². The Balaban J connectivity index is 1.88. The number of nitrogens with one attached hydrogen (secondary N) is 1. The molecule has 0 radical (unpaired) electrons. The third-order valence-corrected chi connectivity index (χ3v) is 5.21. The zero-order valence-corrected chi connectivity index (χ0v) is 14.6. The molecule has 1 atom stereocenters. The lowest BCUT2D eigenvalue weighted by Gasteiger charge is -2.30. The van der Waals surface area contributed by atoms with Gasteiger partial charge in [0.05, 0.1) is 0 Å². The average molecular weight is 299 g/mol. The summed E-state index contributed by atoms with van der Waals surface area (Å²) in [6.07, 6.45) is 2.27. The fourth-order valence-electron chi connectivity index (χ4n) is 3.41. The summed E-state index contributed by atoms with van der Waals surface area (Å²) >= 11 is 0. The first-order valence-corrected chi connectivity index (χ1v) is 8.48. The van der Waals surface area contributed by atoms with Crippen LogP contribution in [-0.2, 0) is 19.4 Å². The molecule has 0 bridgehead atoms. The molecule has 0 saturated heterocycles. The average Bonchev–Trinajstić information content (AvgIpc) is 2.83. The van der Waals surface area contributed by atoms with Crippen molar-refractivity contribution in [1.29, 1.82) is 0 Å². The number of H-pyrrole nitrogens is 1. The number of hydrogen-bond acceptors (Lipinski definition) is 2. The van der Waals surface area contributed by atoms with Crippen LogP contribution in [0.4, 0.5) is 0 Å². The number of aromatic nitrogens is 1. The molecule has 0 amide bonds. The summed E-state index contributed by atoms with van der Waals surface area (Å²) in [5.74, 6) is 0. The van der Waals surface area contributed by atoms with Crippen molar-refractivity contribution in [2.24, 2.45) is 0 Å². The van der Waals surface area contributed by atoms with Gasteiger partial charge in [-0.2, -0.15) is 0 Å². The Morgan fingerprint density at radius 3 is 2.68 bits per heavy atom. The van der Waals surface area contributed by atoms with Crippen molar-refractivity contribution in [2.75, 3.05) is 20.6 Å². The van der Waals surface area contributed by atoms with E-state index in [1.165, 1.54) is 35.1 Å². The fraction of sp³-hybridized carbons (Fsp3) is 0.579. The van der Waals surface area contributed by atoms with Crippen LogP contribution in [0.15, 0.2) is 18.2 Å². The van der Waals surface area contributed by atoms with Crippen LogP contribution in [0, 0.1) is 0 Å². The molecular formula is C19H29N3. The number of nitrogens with zero attached hydrogens (tertiary/aromatic N) is 2. The fourth-order valence-corrected chi connectivity index (χ4v) is 3.41. The van der Waals surface area contributed by atoms with Crippen LogP contribution in [0.5, 0.6) is 0 Å². The predicted octanol–water partition coefficient (Wildman–Crippen LogP) is 3.43. The van der Waals surface area contributed by atoms with Crippen LogP contribution in [-0.4, -0.2) is 47.5 Å². The van der Waals surface area contributed by atoms with E-state index in [1.807, 2.05) is 0 Å². The smallest absolute Gasteiger partial charge is 0.0462 e. The highest BCUT2D eigenvalue weighted by Gasteiger charge is 2.22. The highest BCUT2D eigenvalue weighted by Crippen LogP contribution is 2.29. The topological polar surface area (TPSA) is 22.3 Å². The van der Waals surface area contributed by atoms with Gasteiger partial charge in [-0.25, -0.2) is 0 Å². The summed E-state index contributed by atoms with van der Waals surface area (Å²) in [5, 5.41) is 1.43. The van der Waals surface area contributed by atoms with Crippen LogP contribution in [0.3, 0.4) is 0 Å². The first kappa shape index (κ1) is 15.6. The van der Waals surface area contributed by atoms with Crippen LogP contribution < -0.4 is 0 Å². The second-order valence-electron chi connectivity index (χ2n) is 7.29. The maximum absolute atomic E-state index is 3.69. The van der Waals surface area contributed by atoms with Gasteiger partial charge in [-0.15, -0.1) is 0 Å². The van der Waals surface area contributed by atoms with Gasteiger partial charge in [-0.05, 0) is 64.9 Å². The van der Waals surface area contributed by atoms with Gasteiger partial charge in [0.25, 0.3) is 0 Å². The molecule has 3 rings (SSSR count). The molecule has 0 fully saturated rings. The minimum atomic E-state index is 0.568. The number of likely N-dealkylation sites (N-methyl/N-ethyl adjacent to an activating group) is 1. The molecule has 2 aromatic rings. The van der Waals surface area contributed by atoms with Crippen LogP contribution in [0.1, 0.15) is 37.6 Å². The minimum Gasteiger partial charge on any atom is -0.357 e. The monoisotopic (exact) mass is 299 g/mol. The van der Waals surface area contributed by atoms with Crippen molar-refractivity contribution in [1.82, 2.24) is 14.8 Å². The Bertz CT molecular complexity index is 654. The Hall–Kier alpha value is -1.32.